The molecule has 0 bridgehead atoms. The van der Waals surface area contributed by atoms with Gasteiger partial charge in [0, 0.05) is 6.54 Å². The van der Waals surface area contributed by atoms with E-state index in [9.17, 15) is 4.79 Å². The van der Waals surface area contributed by atoms with Crippen LogP contribution in [0.5, 0.6) is 5.75 Å². The molecule has 0 spiro atoms. The number of benzene rings is 1. The highest BCUT2D eigenvalue weighted by atomic mass is 16.5. The largest absolute Gasteiger partial charge is 0.496 e. The van der Waals surface area contributed by atoms with Crippen LogP contribution in [-0.4, -0.2) is 41.1 Å². The van der Waals surface area contributed by atoms with E-state index in [-0.39, 0.29) is 5.91 Å². The maximum absolute atomic E-state index is 12.3. The van der Waals surface area contributed by atoms with Crippen molar-refractivity contribution in [3.63, 3.8) is 0 Å². The van der Waals surface area contributed by atoms with E-state index in [0.29, 0.717) is 18.3 Å². The fourth-order valence-electron chi connectivity index (χ4n) is 2.95. The third kappa shape index (κ3) is 3.73. The van der Waals surface area contributed by atoms with Gasteiger partial charge in [0.1, 0.15) is 5.75 Å². The first-order chi connectivity index (χ1) is 11.7. The topological polar surface area (TPSA) is 81.1 Å². The number of hydrogen-bond donors (Lipinski definition) is 2. The van der Waals surface area contributed by atoms with Crippen molar-refractivity contribution in [2.24, 2.45) is 0 Å². The van der Waals surface area contributed by atoms with Crippen LogP contribution in [0.1, 0.15) is 40.5 Å². The Labute approximate surface area is 141 Å². The molecule has 0 unspecified atom stereocenters. The number of carbonyl (C=O) groups is 1. The SMILES string of the molecule is COc1ccc(CNC(=O)c2cn(C3CCNCC3)nn2)cc1C. The number of nitrogens with one attached hydrogen (secondary N) is 2. The summed E-state index contributed by atoms with van der Waals surface area (Å²) >= 11 is 0. The molecule has 1 saturated heterocycles. The second kappa shape index (κ2) is 7.44. The first-order valence-electron chi connectivity index (χ1n) is 8.21. The smallest absolute Gasteiger partial charge is 0.273 e. The molecular weight excluding hydrogens is 306 g/mol. The number of ether oxygens (including phenoxy) is 1. The Kier molecular flexibility index (Phi) is 5.10. The van der Waals surface area contributed by atoms with E-state index in [0.717, 1.165) is 42.8 Å². The average Bonchev–Trinajstić information content (AvgIpc) is 3.11. The Morgan fingerprint density at radius 3 is 2.92 bits per heavy atom. The van der Waals surface area contributed by atoms with Gasteiger partial charge in [-0.05, 0) is 50.0 Å². The number of methoxy groups -OCH3 is 1. The Bertz CT molecular complexity index is 707. The minimum absolute atomic E-state index is 0.205. The summed E-state index contributed by atoms with van der Waals surface area (Å²) in [6.07, 6.45) is 3.76. The summed E-state index contributed by atoms with van der Waals surface area (Å²) in [6.45, 7) is 4.38. The Morgan fingerprint density at radius 2 is 2.21 bits per heavy atom. The van der Waals surface area contributed by atoms with E-state index < -0.39 is 0 Å². The van der Waals surface area contributed by atoms with Crippen LogP contribution in [-0.2, 0) is 6.54 Å². The van der Waals surface area contributed by atoms with Gasteiger partial charge in [-0.2, -0.15) is 0 Å². The number of nitrogens with zero attached hydrogens (tertiary/aromatic N) is 3. The van der Waals surface area contributed by atoms with Gasteiger partial charge in [0.25, 0.3) is 5.91 Å². The molecule has 0 atom stereocenters. The number of piperidine rings is 1. The Morgan fingerprint density at radius 1 is 1.42 bits per heavy atom. The van der Waals surface area contributed by atoms with Gasteiger partial charge in [0.2, 0.25) is 0 Å². The lowest BCUT2D eigenvalue weighted by molar-refractivity contribution is 0.0946. The van der Waals surface area contributed by atoms with E-state index >= 15 is 0 Å². The van der Waals surface area contributed by atoms with E-state index in [1.54, 1.807) is 13.3 Å². The molecule has 1 amide bonds. The van der Waals surface area contributed by atoms with E-state index in [1.807, 2.05) is 29.8 Å². The van der Waals surface area contributed by atoms with Gasteiger partial charge in [-0.25, -0.2) is 4.68 Å². The maximum Gasteiger partial charge on any atom is 0.273 e. The van der Waals surface area contributed by atoms with Crippen LogP contribution in [0, 0.1) is 6.92 Å². The summed E-state index contributed by atoms with van der Waals surface area (Å²) in [5.41, 5.74) is 2.42. The molecule has 1 aromatic heterocycles. The molecule has 1 aromatic carbocycles. The summed E-state index contributed by atoms with van der Waals surface area (Å²) in [5, 5.41) is 14.3. The molecule has 2 heterocycles. The van der Waals surface area contributed by atoms with Crippen molar-refractivity contribution in [2.75, 3.05) is 20.2 Å². The molecule has 128 valence electrons. The molecule has 7 nitrogen and oxygen atoms in total. The van der Waals surface area contributed by atoms with Gasteiger partial charge in [-0.1, -0.05) is 17.3 Å². The second-order valence-electron chi connectivity index (χ2n) is 6.05. The highest BCUT2D eigenvalue weighted by Gasteiger charge is 2.18. The molecule has 3 rings (SSSR count). The summed E-state index contributed by atoms with van der Waals surface area (Å²) in [4.78, 5) is 12.3. The van der Waals surface area contributed by atoms with Crippen LogP contribution in [0.25, 0.3) is 0 Å². The fourth-order valence-corrected chi connectivity index (χ4v) is 2.95. The summed E-state index contributed by atoms with van der Waals surface area (Å²) in [6, 6.07) is 6.18. The maximum atomic E-state index is 12.3. The Hall–Kier alpha value is -2.41. The van der Waals surface area contributed by atoms with Crippen LogP contribution < -0.4 is 15.4 Å². The molecule has 0 radical (unpaired) electrons. The average molecular weight is 329 g/mol. The minimum Gasteiger partial charge on any atom is -0.496 e. The molecule has 2 N–H and O–H groups in total. The molecular formula is C17H23N5O2. The molecule has 0 saturated carbocycles. The predicted molar refractivity (Wildman–Crippen MR) is 90.1 cm³/mol. The molecule has 1 aliphatic heterocycles. The number of rotatable bonds is 5. The van der Waals surface area contributed by atoms with E-state index in [1.165, 1.54) is 0 Å². The number of aromatic nitrogens is 3. The van der Waals surface area contributed by atoms with Crippen molar-refractivity contribution in [3.8, 4) is 5.75 Å². The molecule has 0 aliphatic carbocycles. The van der Waals surface area contributed by atoms with Crippen molar-refractivity contribution < 1.29 is 9.53 Å². The normalized spacial score (nSPS) is 15.2. The highest BCUT2D eigenvalue weighted by molar-refractivity contribution is 5.91. The van der Waals surface area contributed by atoms with Gasteiger partial charge in [-0.15, -0.1) is 5.10 Å². The van der Waals surface area contributed by atoms with Gasteiger partial charge >= 0.3 is 0 Å². The quantitative estimate of drug-likeness (QED) is 0.868. The lowest BCUT2D eigenvalue weighted by atomic mass is 10.1. The van der Waals surface area contributed by atoms with Crippen LogP contribution in [0.15, 0.2) is 24.4 Å². The summed E-state index contributed by atoms with van der Waals surface area (Å²) in [7, 11) is 1.65. The zero-order chi connectivity index (χ0) is 16.9. The van der Waals surface area contributed by atoms with Gasteiger partial charge in [0.05, 0.1) is 19.3 Å². The van der Waals surface area contributed by atoms with Crippen LogP contribution in [0.3, 0.4) is 0 Å². The lowest BCUT2D eigenvalue weighted by Gasteiger charge is -2.22. The molecule has 2 aromatic rings. The van der Waals surface area contributed by atoms with Crippen molar-refractivity contribution in [3.05, 3.63) is 41.2 Å². The van der Waals surface area contributed by atoms with Crippen molar-refractivity contribution in [2.45, 2.75) is 32.4 Å². The van der Waals surface area contributed by atoms with Crippen LogP contribution in [0.2, 0.25) is 0 Å². The lowest BCUT2D eigenvalue weighted by Crippen LogP contribution is -2.29. The van der Waals surface area contributed by atoms with Gasteiger partial charge in [0.15, 0.2) is 5.69 Å². The third-order valence-corrected chi connectivity index (χ3v) is 4.34. The van der Waals surface area contributed by atoms with E-state index in [2.05, 4.69) is 20.9 Å². The first kappa shape index (κ1) is 16.4. The van der Waals surface area contributed by atoms with Gasteiger partial charge in [-0.3, -0.25) is 4.79 Å². The van der Waals surface area contributed by atoms with Gasteiger partial charge < -0.3 is 15.4 Å². The molecule has 7 heteroatoms. The Balaban J connectivity index is 1.59. The molecule has 24 heavy (non-hydrogen) atoms. The highest BCUT2D eigenvalue weighted by Crippen LogP contribution is 2.19. The summed E-state index contributed by atoms with van der Waals surface area (Å²) < 4.78 is 7.06. The van der Waals surface area contributed by atoms with Crippen LogP contribution in [0.4, 0.5) is 0 Å². The van der Waals surface area contributed by atoms with Crippen LogP contribution >= 0.6 is 0 Å². The summed E-state index contributed by atoms with van der Waals surface area (Å²) in [5.74, 6) is 0.638. The minimum atomic E-state index is -0.205. The number of carbonyl (C=O) groups excluding carboxylic acids is 1. The first-order valence-corrected chi connectivity index (χ1v) is 8.21. The van der Waals surface area contributed by atoms with E-state index in [4.69, 9.17) is 4.74 Å². The molecule has 1 fully saturated rings. The van der Waals surface area contributed by atoms with Crippen molar-refractivity contribution in [1.82, 2.24) is 25.6 Å². The van der Waals surface area contributed by atoms with Crippen molar-refractivity contribution in [1.29, 1.82) is 0 Å². The third-order valence-electron chi connectivity index (χ3n) is 4.34. The monoisotopic (exact) mass is 329 g/mol. The zero-order valence-corrected chi connectivity index (χ0v) is 14.1. The fraction of sp³-hybridized carbons (Fsp3) is 0.471. The predicted octanol–water partition coefficient (Wildman–Crippen LogP) is 1.45. The molecule has 1 aliphatic rings. The van der Waals surface area contributed by atoms with Crippen molar-refractivity contribution >= 4 is 5.91 Å². The number of aryl methyl sites for hydroxylation is 1. The standard InChI is InChI=1S/C17H23N5O2/c1-12-9-13(3-4-16(12)24-2)10-19-17(23)15-11-22(21-20-15)14-5-7-18-8-6-14/h3-4,9,11,14,18H,5-8,10H2,1-2H3,(H,19,23). The number of hydrogen-bond acceptors (Lipinski definition) is 5. The number of amides is 1. The second-order valence-corrected chi connectivity index (χ2v) is 6.05. The zero-order valence-electron chi connectivity index (χ0n) is 14.1.